The number of carbonyl (C=O) groups is 2. The Morgan fingerprint density at radius 1 is 1.00 bits per heavy atom. The van der Waals surface area contributed by atoms with Crippen LogP contribution in [0.25, 0.3) is 6.08 Å². The van der Waals surface area contributed by atoms with Crippen LogP contribution in [0.1, 0.15) is 19.4 Å². The van der Waals surface area contributed by atoms with Crippen molar-refractivity contribution in [3.05, 3.63) is 49.6 Å². The lowest BCUT2D eigenvalue weighted by molar-refractivity contribution is -0.422. The minimum atomic E-state index is -1.41. The predicted molar refractivity (Wildman–Crippen MR) is 74.0 cm³/mol. The molecule has 0 unspecified atom stereocenters. The summed E-state index contributed by atoms with van der Waals surface area (Å²) in [6.07, 6.45) is 1.01. The molecule has 0 aromatic heterocycles. The molecule has 1 aromatic rings. The van der Waals surface area contributed by atoms with Gasteiger partial charge in [-0.3, -0.25) is 20.2 Å². The summed E-state index contributed by atoms with van der Waals surface area (Å²) in [5.74, 6) is -3.31. The van der Waals surface area contributed by atoms with Crippen molar-refractivity contribution in [2.24, 2.45) is 0 Å². The number of hydrogen-bond donors (Lipinski definition) is 0. The van der Waals surface area contributed by atoms with Crippen LogP contribution < -0.4 is 0 Å². The summed E-state index contributed by atoms with van der Waals surface area (Å²) in [6.45, 7) is 2.74. The molecule has 1 aliphatic rings. The topological polar surface area (TPSA) is 139 Å². The Morgan fingerprint density at radius 3 is 2.00 bits per heavy atom. The number of nitrogens with zero attached hydrogens (tertiary/aromatic N) is 2. The average Bonchev–Trinajstić information content (AvgIpc) is 2.41. The highest BCUT2D eigenvalue weighted by Crippen LogP contribution is 2.29. The maximum atomic E-state index is 11.8. The molecule has 120 valence electrons. The van der Waals surface area contributed by atoms with E-state index in [1.54, 1.807) is 0 Å². The number of ether oxygens (including phenoxy) is 2. The second-order valence-electron chi connectivity index (χ2n) is 5.00. The maximum Gasteiger partial charge on any atom is 0.348 e. The fourth-order valence-electron chi connectivity index (χ4n) is 1.88. The van der Waals surface area contributed by atoms with Gasteiger partial charge in [-0.05, 0) is 17.7 Å². The first-order valence-corrected chi connectivity index (χ1v) is 6.22. The number of esters is 2. The van der Waals surface area contributed by atoms with Crippen LogP contribution in [0.3, 0.4) is 0 Å². The molecule has 1 fully saturated rings. The zero-order valence-corrected chi connectivity index (χ0v) is 12.0. The molecule has 0 radical (unpaired) electrons. The van der Waals surface area contributed by atoms with Gasteiger partial charge in [0.15, 0.2) is 0 Å². The number of nitro benzene ring substituents is 2. The highest BCUT2D eigenvalue weighted by Gasteiger charge is 2.39. The lowest BCUT2D eigenvalue weighted by atomic mass is 10.1. The summed E-state index contributed by atoms with van der Waals surface area (Å²) in [5.41, 5.74) is -1.88. The average molecular weight is 322 g/mol. The van der Waals surface area contributed by atoms with E-state index in [2.05, 4.69) is 0 Å². The SMILES string of the molecule is CC1(C)OC(=O)C(=Cc2ccc([N+](=O)[O-])c([N+](=O)[O-])c2)C(=O)O1. The normalized spacial score (nSPS) is 16.3. The van der Waals surface area contributed by atoms with Crippen LogP contribution in [0.5, 0.6) is 0 Å². The molecular formula is C13H10N2O8. The molecule has 0 saturated carbocycles. The van der Waals surface area contributed by atoms with E-state index in [4.69, 9.17) is 9.47 Å². The largest absolute Gasteiger partial charge is 0.419 e. The standard InChI is InChI=1S/C13H10N2O8/c1-13(2)22-11(16)8(12(17)23-13)5-7-3-4-9(14(18)19)10(6-7)15(20)21/h3-6H,1-2H3. The van der Waals surface area contributed by atoms with Crippen molar-refractivity contribution in [1.29, 1.82) is 0 Å². The Balaban J connectivity index is 2.45. The molecule has 0 amide bonds. The zero-order chi connectivity index (χ0) is 17.4. The van der Waals surface area contributed by atoms with Gasteiger partial charge in [0.05, 0.1) is 9.85 Å². The minimum absolute atomic E-state index is 0.0471. The molecule has 0 aliphatic carbocycles. The molecule has 0 spiro atoms. The monoisotopic (exact) mass is 322 g/mol. The van der Waals surface area contributed by atoms with Gasteiger partial charge in [-0.1, -0.05) is 0 Å². The number of nitro groups is 2. The quantitative estimate of drug-likeness (QED) is 0.269. The van der Waals surface area contributed by atoms with E-state index in [9.17, 15) is 29.8 Å². The predicted octanol–water partition coefficient (Wildman–Crippen LogP) is 1.72. The van der Waals surface area contributed by atoms with E-state index >= 15 is 0 Å². The van der Waals surface area contributed by atoms with Gasteiger partial charge in [-0.15, -0.1) is 0 Å². The number of rotatable bonds is 3. The summed E-state index contributed by atoms with van der Waals surface area (Å²) in [7, 11) is 0. The van der Waals surface area contributed by atoms with Gasteiger partial charge in [-0.2, -0.15) is 0 Å². The number of hydrogen-bond acceptors (Lipinski definition) is 8. The highest BCUT2D eigenvalue weighted by molar-refractivity contribution is 6.18. The Morgan fingerprint density at radius 2 is 1.52 bits per heavy atom. The van der Waals surface area contributed by atoms with E-state index in [1.165, 1.54) is 19.9 Å². The van der Waals surface area contributed by atoms with E-state index < -0.39 is 44.5 Å². The van der Waals surface area contributed by atoms with Crippen molar-refractivity contribution < 1.29 is 28.9 Å². The Kier molecular flexibility index (Phi) is 3.83. The molecule has 23 heavy (non-hydrogen) atoms. The number of benzene rings is 1. The minimum Gasteiger partial charge on any atom is -0.419 e. The molecule has 1 saturated heterocycles. The van der Waals surface area contributed by atoms with Gasteiger partial charge >= 0.3 is 23.3 Å². The van der Waals surface area contributed by atoms with Crippen LogP contribution in [-0.4, -0.2) is 27.6 Å². The molecule has 1 aliphatic heterocycles. The van der Waals surface area contributed by atoms with Crippen LogP contribution in [-0.2, 0) is 19.1 Å². The van der Waals surface area contributed by atoms with Crippen LogP contribution in [0.2, 0.25) is 0 Å². The molecule has 0 N–H and O–H groups in total. The van der Waals surface area contributed by atoms with Gasteiger partial charge in [0.1, 0.15) is 5.57 Å². The third-order valence-electron chi connectivity index (χ3n) is 2.82. The smallest absolute Gasteiger partial charge is 0.348 e. The maximum absolute atomic E-state index is 11.8. The van der Waals surface area contributed by atoms with Gasteiger partial charge in [0.25, 0.3) is 5.79 Å². The van der Waals surface area contributed by atoms with Crippen molar-refractivity contribution in [3.8, 4) is 0 Å². The second-order valence-corrected chi connectivity index (χ2v) is 5.00. The van der Waals surface area contributed by atoms with Crippen molar-refractivity contribution in [2.75, 3.05) is 0 Å². The van der Waals surface area contributed by atoms with Crippen LogP contribution in [0.4, 0.5) is 11.4 Å². The molecule has 10 nitrogen and oxygen atoms in total. The molecule has 1 heterocycles. The van der Waals surface area contributed by atoms with Gasteiger partial charge < -0.3 is 9.47 Å². The lowest BCUT2D eigenvalue weighted by Gasteiger charge is -2.29. The first kappa shape index (κ1) is 16.1. The van der Waals surface area contributed by atoms with Gasteiger partial charge in [-0.25, -0.2) is 9.59 Å². The van der Waals surface area contributed by atoms with E-state index in [-0.39, 0.29) is 5.56 Å². The van der Waals surface area contributed by atoms with Crippen molar-refractivity contribution >= 4 is 29.4 Å². The lowest BCUT2D eigenvalue weighted by Crippen LogP contribution is -2.41. The molecule has 10 heteroatoms. The zero-order valence-electron chi connectivity index (χ0n) is 12.0. The Labute approximate surface area is 128 Å². The summed E-state index contributed by atoms with van der Waals surface area (Å²) in [6, 6.07) is 2.96. The Hall–Kier alpha value is -3.30. The van der Waals surface area contributed by atoms with Crippen molar-refractivity contribution in [1.82, 2.24) is 0 Å². The van der Waals surface area contributed by atoms with E-state index in [0.29, 0.717) is 0 Å². The molecule has 0 atom stereocenters. The number of carbonyl (C=O) groups excluding carboxylic acids is 2. The van der Waals surface area contributed by atoms with E-state index in [0.717, 1.165) is 18.2 Å². The summed E-state index contributed by atoms with van der Waals surface area (Å²) in [5, 5.41) is 21.6. The molecular weight excluding hydrogens is 312 g/mol. The molecule has 2 rings (SSSR count). The third kappa shape index (κ3) is 3.31. The first-order valence-electron chi connectivity index (χ1n) is 6.22. The summed E-state index contributed by atoms with van der Waals surface area (Å²) < 4.78 is 9.75. The van der Waals surface area contributed by atoms with Crippen LogP contribution in [0.15, 0.2) is 23.8 Å². The Bertz CT molecular complexity index is 743. The molecule has 0 bridgehead atoms. The highest BCUT2D eigenvalue weighted by atomic mass is 16.7. The molecule has 1 aromatic carbocycles. The number of cyclic esters (lactones) is 2. The van der Waals surface area contributed by atoms with Crippen LogP contribution in [0, 0.1) is 20.2 Å². The van der Waals surface area contributed by atoms with Crippen LogP contribution >= 0.6 is 0 Å². The fraction of sp³-hybridized carbons (Fsp3) is 0.231. The van der Waals surface area contributed by atoms with Crippen molar-refractivity contribution in [2.45, 2.75) is 19.6 Å². The second kappa shape index (κ2) is 5.48. The van der Waals surface area contributed by atoms with Crippen molar-refractivity contribution in [3.63, 3.8) is 0 Å². The summed E-state index contributed by atoms with van der Waals surface area (Å²) >= 11 is 0. The third-order valence-corrected chi connectivity index (χ3v) is 2.82. The fourth-order valence-corrected chi connectivity index (χ4v) is 1.88. The van der Waals surface area contributed by atoms with E-state index in [1.807, 2.05) is 0 Å². The summed E-state index contributed by atoms with van der Waals surface area (Å²) in [4.78, 5) is 43.4. The first-order chi connectivity index (χ1) is 10.6. The van der Waals surface area contributed by atoms with Gasteiger partial charge in [0.2, 0.25) is 0 Å². The van der Waals surface area contributed by atoms with Gasteiger partial charge in [0, 0.05) is 26.0 Å².